The van der Waals surface area contributed by atoms with Crippen molar-refractivity contribution in [3.05, 3.63) is 0 Å². The Labute approximate surface area is 103 Å². The van der Waals surface area contributed by atoms with Gasteiger partial charge in [-0.1, -0.05) is 6.92 Å². The summed E-state index contributed by atoms with van der Waals surface area (Å²) < 4.78 is 18.9. The number of amides is 3. The molecule has 2 rings (SSSR count). The van der Waals surface area contributed by atoms with Crippen LogP contribution in [0.25, 0.3) is 0 Å². The van der Waals surface area contributed by atoms with Crippen molar-refractivity contribution >= 4 is 11.9 Å². The molecule has 0 saturated carbocycles. The van der Waals surface area contributed by atoms with E-state index < -0.39 is 49.1 Å². The molecule has 5 atom stereocenters. The normalized spacial score (nSPS) is 41.1. The average molecular weight is 262 g/mol. The van der Waals surface area contributed by atoms with Crippen LogP contribution >= 0.6 is 0 Å². The summed E-state index contributed by atoms with van der Waals surface area (Å²) in [6.45, 7) is 1.07. The second-order valence-corrected chi connectivity index (χ2v) is 4.53. The first-order valence-electron chi connectivity index (χ1n) is 5.65. The van der Waals surface area contributed by atoms with Gasteiger partial charge in [-0.2, -0.15) is 0 Å². The fourth-order valence-electron chi connectivity index (χ4n) is 2.09. The van der Waals surface area contributed by atoms with Crippen molar-refractivity contribution in [2.75, 3.05) is 13.2 Å². The number of urea groups is 1. The van der Waals surface area contributed by atoms with Crippen LogP contribution in [-0.2, 0) is 9.53 Å². The Balaban J connectivity index is 2.12. The Kier molecular flexibility index (Phi) is 3.51. The summed E-state index contributed by atoms with van der Waals surface area (Å²) in [4.78, 5) is 23.9. The molecule has 0 aliphatic carbocycles. The molecule has 0 aromatic carbocycles. The lowest BCUT2D eigenvalue weighted by Gasteiger charge is -2.34. The predicted molar refractivity (Wildman–Crippen MR) is 56.1 cm³/mol. The molecule has 2 saturated heterocycles. The molecule has 18 heavy (non-hydrogen) atoms. The number of aliphatic hydroxyl groups excluding tert-OH is 2. The van der Waals surface area contributed by atoms with E-state index in [4.69, 9.17) is 9.84 Å². The van der Waals surface area contributed by atoms with Crippen LogP contribution in [0.4, 0.5) is 9.18 Å². The van der Waals surface area contributed by atoms with Crippen molar-refractivity contribution in [1.82, 2.24) is 10.2 Å². The Morgan fingerprint density at radius 3 is 2.78 bits per heavy atom. The van der Waals surface area contributed by atoms with Gasteiger partial charge in [0.15, 0.2) is 12.4 Å². The maximum Gasteiger partial charge on any atom is 0.326 e. The summed E-state index contributed by atoms with van der Waals surface area (Å²) in [5.74, 6) is -0.910. The molecule has 5 unspecified atom stereocenters. The standard InChI is InChI=1S/C10H15FN2O5/c1-4-2-13(10(17)12-8(4)16)9-6(11)7(15)5(3-14)18-9/h4-7,9,14-15H,2-3H2,1H3,(H,12,16,17). The highest BCUT2D eigenvalue weighted by atomic mass is 19.1. The largest absolute Gasteiger partial charge is 0.394 e. The first kappa shape index (κ1) is 13.2. The Bertz CT molecular complexity index is 366. The minimum atomic E-state index is -1.81. The van der Waals surface area contributed by atoms with E-state index in [2.05, 4.69) is 5.32 Å². The summed E-state index contributed by atoms with van der Waals surface area (Å²) in [5, 5.41) is 20.5. The molecule has 2 fully saturated rings. The van der Waals surface area contributed by atoms with E-state index >= 15 is 0 Å². The highest BCUT2D eigenvalue weighted by molar-refractivity contribution is 5.97. The molecule has 0 bridgehead atoms. The van der Waals surface area contributed by atoms with Crippen LogP contribution in [0, 0.1) is 5.92 Å². The third-order valence-electron chi connectivity index (χ3n) is 3.19. The minimum absolute atomic E-state index is 0.0145. The number of carbonyl (C=O) groups is 2. The van der Waals surface area contributed by atoms with Crippen LogP contribution in [0.3, 0.4) is 0 Å². The number of carbonyl (C=O) groups excluding carboxylic acids is 2. The first-order chi connectivity index (χ1) is 8.45. The van der Waals surface area contributed by atoms with Gasteiger partial charge in [-0.25, -0.2) is 9.18 Å². The maximum absolute atomic E-state index is 13.8. The number of imide groups is 1. The van der Waals surface area contributed by atoms with Crippen LogP contribution in [0.1, 0.15) is 6.92 Å². The molecule has 102 valence electrons. The third kappa shape index (κ3) is 2.06. The summed E-state index contributed by atoms with van der Waals surface area (Å²) in [7, 11) is 0. The van der Waals surface area contributed by atoms with Crippen LogP contribution in [-0.4, -0.2) is 64.8 Å². The molecular formula is C10H15FN2O5. The van der Waals surface area contributed by atoms with Gasteiger partial charge < -0.3 is 14.9 Å². The van der Waals surface area contributed by atoms with Crippen molar-refractivity contribution < 1.29 is 28.9 Å². The Hall–Kier alpha value is -1.25. The zero-order chi connectivity index (χ0) is 13.4. The van der Waals surface area contributed by atoms with E-state index in [0.717, 1.165) is 4.90 Å². The zero-order valence-corrected chi connectivity index (χ0v) is 9.75. The first-order valence-corrected chi connectivity index (χ1v) is 5.65. The van der Waals surface area contributed by atoms with Gasteiger partial charge in [0.25, 0.3) is 0 Å². The second kappa shape index (κ2) is 4.79. The van der Waals surface area contributed by atoms with E-state index in [1.807, 2.05) is 0 Å². The number of rotatable bonds is 2. The SMILES string of the molecule is CC1CN(C2OC(CO)C(O)C2F)C(=O)NC1=O. The highest BCUT2D eigenvalue weighted by Gasteiger charge is 2.49. The average Bonchev–Trinajstić information content (AvgIpc) is 2.61. The molecule has 0 aromatic rings. The third-order valence-corrected chi connectivity index (χ3v) is 3.19. The van der Waals surface area contributed by atoms with Crippen molar-refractivity contribution in [2.45, 2.75) is 31.5 Å². The number of hydrogen-bond acceptors (Lipinski definition) is 5. The molecule has 8 heteroatoms. The summed E-state index contributed by atoms with van der Waals surface area (Å²) in [6, 6.07) is -0.753. The highest BCUT2D eigenvalue weighted by Crippen LogP contribution is 2.28. The van der Waals surface area contributed by atoms with Crippen LogP contribution < -0.4 is 5.32 Å². The lowest BCUT2D eigenvalue weighted by atomic mass is 10.1. The smallest absolute Gasteiger partial charge is 0.326 e. The molecule has 0 spiro atoms. The molecule has 0 aromatic heterocycles. The van der Waals surface area contributed by atoms with Crippen LogP contribution in [0.15, 0.2) is 0 Å². The van der Waals surface area contributed by atoms with Crippen molar-refractivity contribution in [2.24, 2.45) is 5.92 Å². The summed E-state index contributed by atoms with van der Waals surface area (Å²) >= 11 is 0. The van der Waals surface area contributed by atoms with Crippen LogP contribution in [0.5, 0.6) is 0 Å². The lowest BCUT2D eigenvalue weighted by molar-refractivity contribution is -0.129. The van der Waals surface area contributed by atoms with Gasteiger partial charge in [-0.15, -0.1) is 0 Å². The van der Waals surface area contributed by atoms with Gasteiger partial charge >= 0.3 is 6.03 Å². The van der Waals surface area contributed by atoms with Crippen molar-refractivity contribution in [3.8, 4) is 0 Å². The number of alkyl halides is 1. The number of aliphatic hydroxyl groups is 2. The molecule has 2 heterocycles. The van der Waals surface area contributed by atoms with E-state index in [-0.39, 0.29) is 6.54 Å². The van der Waals surface area contributed by atoms with E-state index in [0.29, 0.717) is 0 Å². The number of nitrogens with zero attached hydrogens (tertiary/aromatic N) is 1. The van der Waals surface area contributed by atoms with Gasteiger partial charge in [0, 0.05) is 6.54 Å². The monoisotopic (exact) mass is 262 g/mol. The quantitative estimate of drug-likeness (QED) is 0.568. The molecule has 0 radical (unpaired) electrons. The van der Waals surface area contributed by atoms with Crippen LogP contribution in [0.2, 0.25) is 0 Å². The van der Waals surface area contributed by atoms with Crippen molar-refractivity contribution in [3.63, 3.8) is 0 Å². The summed E-state index contributed by atoms with van der Waals surface area (Å²) in [6.07, 6.45) is -5.65. The number of halogens is 1. The van der Waals surface area contributed by atoms with Gasteiger partial charge in [0.2, 0.25) is 5.91 Å². The van der Waals surface area contributed by atoms with Gasteiger partial charge in [0.05, 0.1) is 12.5 Å². The second-order valence-electron chi connectivity index (χ2n) is 4.53. The molecule has 3 amide bonds. The fraction of sp³-hybridized carbons (Fsp3) is 0.800. The van der Waals surface area contributed by atoms with Crippen molar-refractivity contribution in [1.29, 1.82) is 0 Å². The molecule has 3 N–H and O–H groups in total. The number of ether oxygens (including phenoxy) is 1. The summed E-state index contributed by atoms with van der Waals surface area (Å²) in [5.41, 5.74) is 0. The number of nitrogens with one attached hydrogen (secondary N) is 1. The molecular weight excluding hydrogens is 247 g/mol. The molecule has 2 aliphatic rings. The van der Waals surface area contributed by atoms with Gasteiger partial charge in [-0.3, -0.25) is 15.0 Å². The zero-order valence-electron chi connectivity index (χ0n) is 9.75. The fourth-order valence-corrected chi connectivity index (χ4v) is 2.09. The minimum Gasteiger partial charge on any atom is -0.394 e. The van der Waals surface area contributed by atoms with E-state index in [1.165, 1.54) is 0 Å². The van der Waals surface area contributed by atoms with E-state index in [1.54, 1.807) is 6.92 Å². The molecule has 7 nitrogen and oxygen atoms in total. The predicted octanol–water partition coefficient (Wildman–Crippen LogP) is -1.41. The molecule has 2 aliphatic heterocycles. The van der Waals surface area contributed by atoms with Gasteiger partial charge in [-0.05, 0) is 0 Å². The van der Waals surface area contributed by atoms with E-state index in [9.17, 15) is 19.1 Å². The number of hydrogen-bond donors (Lipinski definition) is 3. The Morgan fingerprint density at radius 2 is 2.22 bits per heavy atom. The maximum atomic E-state index is 13.8. The topological polar surface area (TPSA) is 99.1 Å². The lowest BCUT2D eigenvalue weighted by Crippen LogP contribution is -2.59. The Morgan fingerprint density at radius 1 is 1.56 bits per heavy atom. The van der Waals surface area contributed by atoms with Gasteiger partial charge in [0.1, 0.15) is 12.2 Å².